The molecule has 0 unspecified atom stereocenters. The van der Waals surface area contributed by atoms with E-state index in [2.05, 4.69) is 26.3 Å². The van der Waals surface area contributed by atoms with Crippen molar-refractivity contribution in [2.24, 2.45) is 0 Å². The molecule has 1 heterocycles. The Morgan fingerprint density at radius 3 is 2.61 bits per heavy atom. The Balaban J connectivity index is 2.35. The number of aryl methyl sites for hydroxylation is 1. The van der Waals surface area contributed by atoms with Crippen LogP contribution in [0.5, 0.6) is 0 Å². The Labute approximate surface area is 114 Å². The normalized spacial score (nSPS) is 10.4. The van der Waals surface area contributed by atoms with E-state index in [-0.39, 0.29) is 5.56 Å². The van der Waals surface area contributed by atoms with Gasteiger partial charge in [-0.15, -0.1) is 0 Å². The Morgan fingerprint density at radius 1 is 1.33 bits per heavy atom. The van der Waals surface area contributed by atoms with Gasteiger partial charge < -0.3 is 5.32 Å². The molecule has 4 nitrogen and oxygen atoms in total. The summed E-state index contributed by atoms with van der Waals surface area (Å²) >= 11 is 3.30. The lowest BCUT2D eigenvalue weighted by atomic mass is 10.1. The fourth-order valence-electron chi connectivity index (χ4n) is 1.67. The highest BCUT2D eigenvalue weighted by Gasteiger charge is 2.08. The molecular weight excluding hydrogens is 294 g/mol. The molecule has 0 aliphatic rings. The third kappa shape index (κ3) is 2.61. The number of halogens is 1. The zero-order valence-electron chi connectivity index (χ0n) is 10.3. The monoisotopic (exact) mass is 307 g/mol. The molecule has 94 valence electrons. The predicted molar refractivity (Wildman–Crippen MR) is 76.0 cm³/mol. The van der Waals surface area contributed by atoms with Gasteiger partial charge in [-0.2, -0.15) is 5.10 Å². The van der Waals surface area contributed by atoms with Gasteiger partial charge in [-0.05, 0) is 28.4 Å². The SMILES string of the molecule is CNc1c(Br)cnn(Cc2ccc(C)cc2)c1=O. The number of hydrogen-bond donors (Lipinski definition) is 1. The molecule has 0 radical (unpaired) electrons. The van der Waals surface area contributed by atoms with Gasteiger partial charge in [-0.1, -0.05) is 29.8 Å². The van der Waals surface area contributed by atoms with Crippen molar-refractivity contribution in [3.63, 3.8) is 0 Å². The summed E-state index contributed by atoms with van der Waals surface area (Å²) in [5, 5.41) is 7.00. The minimum atomic E-state index is -0.132. The van der Waals surface area contributed by atoms with E-state index >= 15 is 0 Å². The number of hydrogen-bond acceptors (Lipinski definition) is 3. The van der Waals surface area contributed by atoms with E-state index in [1.807, 2.05) is 31.2 Å². The van der Waals surface area contributed by atoms with Crippen LogP contribution in [0.3, 0.4) is 0 Å². The summed E-state index contributed by atoms with van der Waals surface area (Å²) in [5.74, 6) is 0. The molecule has 0 saturated heterocycles. The lowest BCUT2D eigenvalue weighted by Gasteiger charge is -2.08. The van der Waals surface area contributed by atoms with Crippen molar-refractivity contribution in [1.82, 2.24) is 9.78 Å². The molecule has 18 heavy (non-hydrogen) atoms. The first-order valence-corrected chi connectivity index (χ1v) is 6.40. The van der Waals surface area contributed by atoms with Gasteiger partial charge in [0.25, 0.3) is 5.56 Å². The second-order valence-corrected chi connectivity index (χ2v) is 4.92. The van der Waals surface area contributed by atoms with Gasteiger partial charge in [0.2, 0.25) is 0 Å². The summed E-state index contributed by atoms with van der Waals surface area (Å²) in [6.45, 7) is 2.51. The molecule has 1 aromatic carbocycles. The third-order valence-corrected chi connectivity index (χ3v) is 3.30. The van der Waals surface area contributed by atoms with Crippen molar-refractivity contribution in [2.45, 2.75) is 13.5 Å². The fraction of sp³-hybridized carbons (Fsp3) is 0.231. The van der Waals surface area contributed by atoms with Crippen LogP contribution < -0.4 is 10.9 Å². The lowest BCUT2D eigenvalue weighted by molar-refractivity contribution is 0.639. The van der Waals surface area contributed by atoms with Crippen LogP contribution in [0.15, 0.2) is 39.7 Å². The summed E-state index contributed by atoms with van der Waals surface area (Å²) in [4.78, 5) is 12.1. The molecule has 0 atom stereocenters. The van der Waals surface area contributed by atoms with Gasteiger partial charge in [-0.25, -0.2) is 4.68 Å². The van der Waals surface area contributed by atoms with Gasteiger partial charge in [-0.3, -0.25) is 4.79 Å². The van der Waals surface area contributed by atoms with Gasteiger partial charge in [0.15, 0.2) is 0 Å². The van der Waals surface area contributed by atoms with Crippen molar-refractivity contribution >= 4 is 21.6 Å². The summed E-state index contributed by atoms with van der Waals surface area (Å²) in [5.41, 5.74) is 2.65. The van der Waals surface area contributed by atoms with Gasteiger partial charge >= 0.3 is 0 Å². The number of nitrogens with one attached hydrogen (secondary N) is 1. The zero-order chi connectivity index (χ0) is 13.1. The minimum Gasteiger partial charge on any atom is -0.383 e. The highest BCUT2D eigenvalue weighted by Crippen LogP contribution is 2.15. The first kappa shape index (κ1) is 12.8. The molecular formula is C13H14BrN3O. The second kappa shape index (κ2) is 5.35. The first-order valence-electron chi connectivity index (χ1n) is 5.60. The molecule has 0 amide bonds. The van der Waals surface area contributed by atoms with Crippen molar-refractivity contribution in [2.75, 3.05) is 12.4 Å². The van der Waals surface area contributed by atoms with E-state index in [1.165, 1.54) is 10.2 Å². The molecule has 2 rings (SSSR count). The minimum absolute atomic E-state index is 0.132. The summed E-state index contributed by atoms with van der Waals surface area (Å²) in [6, 6.07) is 8.06. The number of benzene rings is 1. The van der Waals surface area contributed by atoms with Crippen LogP contribution >= 0.6 is 15.9 Å². The highest BCUT2D eigenvalue weighted by molar-refractivity contribution is 9.10. The maximum Gasteiger partial charge on any atom is 0.291 e. The van der Waals surface area contributed by atoms with Crippen molar-refractivity contribution in [3.05, 3.63) is 56.4 Å². The Morgan fingerprint density at radius 2 is 2.00 bits per heavy atom. The average Bonchev–Trinajstić information content (AvgIpc) is 2.36. The zero-order valence-corrected chi connectivity index (χ0v) is 11.9. The fourth-order valence-corrected chi connectivity index (χ4v) is 2.13. The smallest absolute Gasteiger partial charge is 0.291 e. The maximum absolute atomic E-state index is 12.1. The number of aromatic nitrogens is 2. The van der Waals surface area contributed by atoms with E-state index < -0.39 is 0 Å². The molecule has 0 spiro atoms. The standard InChI is InChI=1S/C13H14BrN3O/c1-9-3-5-10(6-4-9)8-17-13(18)12(15-2)11(14)7-16-17/h3-7,15H,8H2,1-2H3. The number of rotatable bonds is 3. The van der Waals surface area contributed by atoms with Crippen molar-refractivity contribution in [1.29, 1.82) is 0 Å². The van der Waals surface area contributed by atoms with Crippen LogP contribution in [0, 0.1) is 6.92 Å². The average molecular weight is 308 g/mol. The molecule has 0 fully saturated rings. The quantitative estimate of drug-likeness (QED) is 0.947. The highest BCUT2D eigenvalue weighted by atomic mass is 79.9. The molecule has 1 aromatic heterocycles. The molecule has 0 aliphatic carbocycles. The Bertz CT molecular complexity index is 605. The number of anilines is 1. The predicted octanol–water partition coefficient (Wildman–Crippen LogP) is 2.40. The van der Waals surface area contributed by atoms with E-state index in [9.17, 15) is 4.79 Å². The molecule has 2 aromatic rings. The van der Waals surface area contributed by atoms with Crippen LogP contribution in [-0.4, -0.2) is 16.8 Å². The largest absolute Gasteiger partial charge is 0.383 e. The molecule has 5 heteroatoms. The van der Waals surface area contributed by atoms with Gasteiger partial charge in [0.1, 0.15) is 5.69 Å². The van der Waals surface area contributed by atoms with Crippen LogP contribution in [0.4, 0.5) is 5.69 Å². The van der Waals surface area contributed by atoms with E-state index in [0.717, 1.165) is 5.56 Å². The van der Waals surface area contributed by atoms with Crippen molar-refractivity contribution < 1.29 is 0 Å². The lowest BCUT2D eigenvalue weighted by Crippen LogP contribution is -2.25. The topological polar surface area (TPSA) is 46.9 Å². The van der Waals surface area contributed by atoms with Crippen LogP contribution in [0.2, 0.25) is 0 Å². The number of nitrogens with zero attached hydrogens (tertiary/aromatic N) is 2. The Kier molecular flexibility index (Phi) is 3.81. The van der Waals surface area contributed by atoms with Crippen molar-refractivity contribution in [3.8, 4) is 0 Å². The second-order valence-electron chi connectivity index (χ2n) is 4.07. The van der Waals surface area contributed by atoms with Crippen LogP contribution in [0.1, 0.15) is 11.1 Å². The van der Waals surface area contributed by atoms with Gasteiger partial charge in [0, 0.05) is 7.05 Å². The van der Waals surface area contributed by atoms with E-state index in [1.54, 1.807) is 13.2 Å². The Hall–Kier alpha value is -1.62. The molecule has 0 saturated carbocycles. The molecule has 1 N–H and O–H groups in total. The first-order chi connectivity index (χ1) is 8.61. The van der Waals surface area contributed by atoms with Crippen LogP contribution in [-0.2, 0) is 6.54 Å². The maximum atomic E-state index is 12.1. The van der Waals surface area contributed by atoms with Crippen LogP contribution in [0.25, 0.3) is 0 Å². The van der Waals surface area contributed by atoms with Gasteiger partial charge in [0.05, 0.1) is 17.2 Å². The summed E-state index contributed by atoms with van der Waals surface area (Å²) in [7, 11) is 1.72. The summed E-state index contributed by atoms with van der Waals surface area (Å²) < 4.78 is 2.12. The third-order valence-electron chi connectivity index (χ3n) is 2.70. The summed E-state index contributed by atoms with van der Waals surface area (Å²) in [6.07, 6.45) is 1.63. The molecule has 0 aliphatic heterocycles. The van der Waals surface area contributed by atoms with E-state index in [4.69, 9.17) is 0 Å². The molecule has 0 bridgehead atoms. The van der Waals surface area contributed by atoms with E-state index in [0.29, 0.717) is 16.7 Å².